The maximum absolute atomic E-state index is 13.4. The SMILES string of the molecule is COc1ccc(-c2ccc(CC(NC(=O)c3ccc4c(N5CCN(C)CC5)ncnc4c3)C(=O)N(C)C)cn2)cc1. The lowest BCUT2D eigenvalue weighted by Crippen LogP contribution is -2.47. The summed E-state index contributed by atoms with van der Waals surface area (Å²) in [5, 5.41) is 3.84. The molecule has 0 spiro atoms. The van der Waals surface area contributed by atoms with Gasteiger partial charge in [-0.1, -0.05) is 6.07 Å². The van der Waals surface area contributed by atoms with E-state index in [1.807, 2.05) is 42.5 Å². The van der Waals surface area contributed by atoms with Gasteiger partial charge >= 0.3 is 0 Å². The van der Waals surface area contributed by atoms with Crippen molar-refractivity contribution in [1.29, 1.82) is 0 Å². The molecule has 5 rings (SSSR count). The Hall–Kier alpha value is -4.57. The largest absolute Gasteiger partial charge is 0.497 e. The van der Waals surface area contributed by atoms with Crippen LogP contribution < -0.4 is 15.0 Å². The zero-order chi connectivity index (χ0) is 28.9. The van der Waals surface area contributed by atoms with Crippen molar-refractivity contribution in [2.45, 2.75) is 12.5 Å². The summed E-state index contributed by atoms with van der Waals surface area (Å²) >= 11 is 0. The third-order valence-corrected chi connectivity index (χ3v) is 7.38. The Morgan fingerprint density at radius 3 is 2.39 bits per heavy atom. The van der Waals surface area contributed by atoms with Crippen LogP contribution in [0.1, 0.15) is 15.9 Å². The van der Waals surface area contributed by atoms with Crippen molar-refractivity contribution in [2.24, 2.45) is 0 Å². The maximum atomic E-state index is 13.4. The number of carbonyl (C=O) groups is 2. The molecule has 1 aliphatic rings. The lowest BCUT2D eigenvalue weighted by molar-refractivity contribution is -0.130. The van der Waals surface area contributed by atoms with Crippen molar-refractivity contribution >= 4 is 28.5 Å². The minimum Gasteiger partial charge on any atom is -0.497 e. The lowest BCUT2D eigenvalue weighted by atomic mass is 10.0. The van der Waals surface area contributed by atoms with E-state index in [-0.39, 0.29) is 11.8 Å². The van der Waals surface area contributed by atoms with Gasteiger partial charge in [-0.3, -0.25) is 14.6 Å². The number of fused-ring (bicyclic) bond motifs is 1. The van der Waals surface area contributed by atoms with E-state index in [4.69, 9.17) is 4.74 Å². The van der Waals surface area contributed by atoms with E-state index >= 15 is 0 Å². The normalized spacial score (nSPS) is 14.5. The van der Waals surface area contributed by atoms with Gasteiger partial charge in [-0.15, -0.1) is 0 Å². The molecule has 1 aliphatic heterocycles. The molecule has 1 saturated heterocycles. The van der Waals surface area contributed by atoms with E-state index in [2.05, 4.69) is 37.1 Å². The van der Waals surface area contributed by atoms with E-state index in [1.165, 1.54) is 4.90 Å². The second-order valence-corrected chi connectivity index (χ2v) is 10.5. The third-order valence-electron chi connectivity index (χ3n) is 7.38. The first kappa shape index (κ1) is 28.0. The number of nitrogens with zero attached hydrogens (tertiary/aromatic N) is 6. The van der Waals surface area contributed by atoms with Gasteiger partial charge in [0.1, 0.15) is 23.9 Å². The fourth-order valence-corrected chi connectivity index (χ4v) is 4.92. The Morgan fingerprint density at radius 2 is 1.73 bits per heavy atom. The van der Waals surface area contributed by atoms with E-state index in [1.54, 1.807) is 45.9 Å². The summed E-state index contributed by atoms with van der Waals surface area (Å²) in [6.45, 7) is 3.70. The van der Waals surface area contributed by atoms with Gasteiger partial charge in [0.25, 0.3) is 5.91 Å². The van der Waals surface area contributed by atoms with Gasteiger partial charge in [0, 0.05) is 69.4 Å². The Balaban J connectivity index is 1.32. The molecule has 1 unspecified atom stereocenters. The predicted molar refractivity (Wildman–Crippen MR) is 159 cm³/mol. The highest BCUT2D eigenvalue weighted by Gasteiger charge is 2.24. The van der Waals surface area contributed by atoms with Crippen LogP contribution in [0.25, 0.3) is 22.2 Å². The van der Waals surface area contributed by atoms with E-state index in [0.29, 0.717) is 17.5 Å². The molecule has 2 aromatic heterocycles. The van der Waals surface area contributed by atoms with E-state index in [9.17, 15) is 9.59 Å². The van der Waals surface area contributed by atoms with Crippen molar-refractivity contribution < 1.29 is 14.3 Å². The topological polar surface area (TPSA) is 104 Å². The molecule has 1 N–H and O–H groups in total. The highest BCUT2D eigenvalue weighted by Crippen LogP contribution is 2.25. The van der Waals surface area contributed by atoms with Crippen LogP contribution in [0.2, 0.25) is 0 Å². The molecular formula is C31H35N7O3. The highest BCUT2D eigenvalue weighted by molar-refractivity contribution is 6.01. The van der Waals surface area contributed by atoms with Gasteiger partial charge in [0.15, 0.2) is 0 Å². The first-order chi connectivity index (χ1) is 19.8. The number of amides is 2. The van der Waals surface area contributed by atoms with Gasteiger partial charge in [-0.05, 0) is 61.1 Å². The second-order valence-electron chi connectivity index (χ2n) is 10.5. The fourth-order valence-electron chi connectivity index (χ4n) is 4.92. The van der Waals surface area contributed by atoms with Crippen LogP contribution in [0.4, 0.5) is 5.82 Å². The minimum absolute atomic E-state index is 0.196. The summed E-state index contributed by atoms with van der Waals surface area (Å²) in [5.41, 5.74) is 3.73. The van der Waals surface area contributed by atoms with Crippen molar-refractivity contribution in [3.8, 4) is 17.0 Å². The summed E-state index contributed by atoms with van der Waals surface area (Å²) < 4.78 is 5.23. The van der Waals surface area contributed by atoms with Crippen LogP contribution in [0.3, 0.4) is 0 Å². The molecule has 0 radical (unpaired) electrons. The monoisotopic (exact) mass is 553 g/mol. The Morgan fingerprint density at radius 1 is 0.976 bits per heavy atom. The first-order valence-electron chi connectivity index (χ1n) is 13.6. The van der Waals surface area contributed by atoms with Crippen LogP contribution in [0, 0.1) is 0 Å². The number of carbonyl (C=O) groups excluding carboxylic acids is 2. The number of nitrogens with one attached hydrogen (secondary N) is 1. The van der Waals surface area contributed by atoms with Crippen LogP contribution >= 0.6 is 0 Å². The number of ether oxygens (including phenoxy) is 1. The standard InChI is InChI=1S/C31H35N7O3/c1-36(2)31(40)28(17-21-5-12-26(32-19-21)22-6-9-24(41-4)10-7-22)35-30(39)23-8-11-25-27(18-23)33-20-34-29(25)38-15-13-37(3)14-16-38/h5-12,18-20,28H,13-17H2,1-4H3,(H,35,39). The second kappa shape index (κ2) is 12.3. The lowest BCUT2D eigenvalue weighted by Gasteiger charge is -2.33. The van der Waals surface area contributed by atoms with Crippen LogP contribution in [-0.2, 0) is 11.2 Å². The number of rotatable bonds is 8. The minimum atomic E-state index is -0.756. The molecule has 0 saturated carbocycles. The maximum Gasteiger partial charge on any atom is 0.252 e. The van der Waals surface area contributed by atoms with Crippen molar-refractivity contribution in [2.75, 3.05) is 59.3 Å². The van der Waals surface area contributed by atoms with Crippen molar-refractivity contribution in [3.05, 3.63) is 78.2 Å². The van der Waals surface area contributed by atoms with Crippen molar-refractivity contribution in [3.63, 3.8) is 0 Å². The predicted octanol–water partition coefficient (Wildman–Crippen LogP) is 2.88. The first-order valence-corrected chi connectivity index (χ1v) is 13.6. The van der Waals surface area contributed by atoms with Crippen LogP contribution in [0.15, 0.2) is 67.1 Å². The average Bonchev–Trinajstić information content (AvgIpc) is 3.00. The molecule has 0 aliphatic carbocycles. The number of benzene rings is 2. The molecule has 212 valence electrons. The molecule has 2 amide bonds. The summed E-state index contributed by atoms with van der Waals surface area (Å²) in [6.07, 6.45) is 3.59. The van der Waals surface area contributed by atoms with E-state index < -0.39 is 6.04 Å². The molecule has 1 atom stereocenters. The number of hydrogen-bond acceptors (Lipinski definition) is 8. The number of piperazine rings is 1. The van der Waals surface area contributed by atoms with E-state index in [0.717, 1.165) is 60.0 Å². The molecular weight excluding hydrogens is 518 g/mol. The van der Waals surface area contributed by atoms with Gasteiger partial charge in [0.05, 0.1) is 18.3 Å². The smallest absolute Gasteiger partial charge is 0.252 e. The Kier molecular flexibility index (Phi) is 8.39. The quantitative estimate of drug-likeness (QED) is 0.355. The molecule has 4 aromatic rings. The molecule has 10 nitrogen and oxygen atoms in total. The Labute approximate surface area is 240 Å². The molecule has 2 aromatic carbocycles. The third kappa shape index (κ3) is 6.44. The zero-order valence-electron chi connectivity index (χ0n) is 23.9. The number of anilines is 1. The molecule has 0 bridgehead atoms. The van der Waals surface area contributed by atoms with Crippen LogP contribution in [-0.4, -0.2) is 97.0 Å². The number of likely N-dealkylation sites (N-methyl/N-ethyl adjacent to an activating group) is 2. The summed E-state index contributed by atoms with van der Waals surface area (Å²) in [5.74, 6) is 1.12. The average molecular weight is 554 g/mol. The Bertz CT molecular complexity index is 1520. The molecule has 10 heteroatoms. The number of methoxy groups -OCH3 is 1. The number of hydrogen-bond donors (Lipinski definition) is 1. The van der Waals surface area contributed by atoms with Crippen LogP contribution in [0.5, 0.6) is 5.75 Å². The zero-order valence-corrected chi connectivity index (χ0v) is 23.9. The highest BCUT2D eigenvalue weighted by atomic mass is 16.5. The summed E-state index contributed by atoms with van der Waals surface area (Å²) in [7, 11) is 7.10. The summed E-state index contributed by atoms with van der Waals surface area (Å²) in [4.78, 5) is 46.0. The molecule has 41 heavy (non-hydrogen) atoms. The van der Waals surface area contributed by atoms with Gasteiger partial charge in [-0.2, -0.15) is 0 Å². The molecule has 3 heterocycles. The fraction of sp³-hybridized carbons (Fsp3) is 0.323. The van der Waals surface area contributed by atoms with Crippen molar-refractivity contribution in [1.82, 2.24) is 30.1 Å². The molecule has 1 fully saturated rings. The summed E-state index contributed by atoms with van der Waals surface area (Å²) in [6, 6.07) is 16.2. The van der Waals surface area contributed by atoms with Gasteiger partial charge < -0.3 is 24.8 Å². The number of pyridine rings is 1. The van der Waals surface area contributed by atoms with Gasteiger partial charge in [-0.25, -0.2) is 9.97 Å². The van der Waals surface area contributed by atoms with Gasteiger partial charge in [0.2, 0.25) is 5.91 Å². The number of aromatic nitrogens is 3.